The zero-order chi connectivity index (χ0) is 14.5. The highest BCUT2D eigenvalue weighted by Gasteiger charge is 2.16. The van der Waals surface area contributed by atoms with Gasteiger partial charge in [-0.25, -0.2) is 9.18 Å². The van der Waals surface area contributed by atoms with Gasteiger partial charge in [0.2, 0.25) is 0 Å². The van der Waals surface area contributed by atoms with Crippen LogP contribution in [0.1, 0.15) is 20.7 Å². The average molecular weight is 274 g/mol. The van der Waals surface area contributed by atoms with Crippen LogP contribution in [-0.4, -0.2) is 19.4 Å². The van der Waals surface area contributed by atoms with Crippen LogP contribution < -0.4 is 9.47 Å². The number of carbonyl (C=O) groups is 2. The maximum Gasteiger partial charge on any atom is 0.346 e. The first-order valence-electron chi connectivity index (χ1n) is 5.75. The predicted octanol–water partition coefficient (Wildman–Crippen LogP) is 2.87. The number of halogens is 1. The van der Waals surface area contributed by atoms with Crippen LogP contribution in [-0.2, 0) is 0 Å². The lowest BCUT2D eigenvalue weighted by Crippen LogP contribution is -2.11. The molecule has 0 amide bonds. The second kappa shape index (κ2) is 5.97. The van der Waals surface area contributed by atoms with E-state index in [-0.39, 0.29) is 17.1 Å². The Morgan fingerprint density at radius 2 is 1.90 bits per heavy atom. The van der Waals surface area contributed by atoms with E-state index in [0.29, 0.717) is 11.8 Å². The van der Waals surface area contributed by atoms with E-state index >= 15 is 0 Å². The standard InChI is InChI=1S/C15H11FO4/c1-19-14-8-10(9-17)6-7-13(14)20-15(18)11-4-2-3-5-12(11)16/h2-9H,1H3. The number of esters is 1. The number of hydrogen-bond donors (Lipinski definition) is 0. The van der Waals surface area contributed by atoms with Crippen LogP contribution in [0, 0.1) is 5.82 Å². The van der Waals surface area contributed by atoms with Gasteiger partial charge in [0.25, 0.3) is 0 Å². The largest absolute Gasteiger partial charge is 0.493 e. The number of methoxy groups -OCH3 is 1. The highest BCUT2D eigenvalue weighted by Crippen LogP contribution is 2.28. The van der Waals surface area contributed by atoms with E-state index in [0.717, 1.165) is 0 Å². The Bertz CT molecular complexity index is 652. The highest BCUT2D eigenvalue weighted by atomic mass is 19.1. The minimum Gasteiger partial charge on any atom is -0.493 e. The maximum atomic E-state index is 13.5. The maximum absolute atomic E-state index is 13.5. The lowest BCUT2D eigenvalue weighted by Gasteiger charge is -2.09. The summed E-state index contributed by atoms with van der Waals surface area (Å²) in [6, 6.07) is 9.82. The molecule has 20 heavy (non-hydrogen) atoms. The number of hydrogen-bond acceptors (Lipinski definition) is 4. The minimum absolute atomic E-state index is 0.117. The highest BCUT2D eigenvalue weighted by molar-refractivity contribution is 5.91. The van der Waals surface area contributed by atoms with Crippen LogP contribution in [0.15, 0.2) is 42.5 Å². The molecule has 0 saturated heterocycles. The molecule has 0 aromatic heterocycles. The Kier molecular flexibility index (Phi) is 4.10. The normalized spacial score (nSPS) is 9.90. The summed E-state index contributed by atoms with van der Waals surface area (Å²) in [5.41, 5.74) is 0.210. The van der Waals surface area contributed by atoms with Crippen molar-refractivity contribution in [3.8, 4) is 11.5 Å². The molecule has 0 fully saturated rings. The van der Waals surface area contributed by atoms with E-state index in [9.17, 15) is 14.0 Å². The monoisotopic (exact) mass is 274 g/mol. The molecule has 4 nitrogen and oxygen atoms in total. The third-order valence-electron chi connectivity index (χ3n) is 2.62. The van der Waals surface area contributed by atoms with Crippen molar-refractivity contribution >= 4 is 12.3 Å². The fourth-order valence-corrected chi connectivity index (χ4v) is 1.62. The summed E-state index contributed by atoms with van der Waals surface area (Å²) in [6.07, 6.45) is 0.644. The molecule has 0 aliphatic carbocycles. The van der Waals surface area contributed by atoms with Gasteiger partial charge in [-0.05, 0) is 30.3 Å². The second-order valence-electron chi connectivity index (χ2n) is 3.90. The van der Waals surface area contributed by atoms with Crippen molar-refractivity contribution in [2.75, 3.05) is 7.11 Å². The van der Waals surface area contributed by atoms with Gasteiger partial charge in [0.1, 0.15) is 12.1 Å². The van der Waals surface area contributed by atoms with E-state index in [1.54, 1.807) is 0 Å². The summed E-state index contributed by atoms with van der Waals surface area (Å²) in [4.78, 5) is 22.5. The van der Waals surface area contributed by atoms with Crippen LogP contribution >= 0.6 is 0 Å². The molecule has 0 radical (unpaired) electrons. The molecule has 5 heteroatoms. The zero-order valence-corrected chi connectivity index (χ0v) is 10.6. The molecule has 0 aliphatic heterocycles. The summed E-state index contributed by atoms with van der Waals surface area (Å²) < 4.78 is 23.6. The van der Waals surface area contributed by atoms with Gasteiger partial charge in [0.05, 0.1) is 12.7 Å². The molecule has 102 valence electrons. The van der Waals surface area contributed by atoms with E-state index < -0.39 is 11.8 Å². The van der Waals surface area contributed by atoms with Gasteiger partial charge in [-0.15, -0.1) is 0 Å². The van der Waals surface area contributed by atoms with E-state index in [2.05, 4.69) is 0 Å². The molecule has 0 saturated carbocycles. The van der Waals surface area contributed by atoms with E-state index in [4.69, 9.17) is 9.47 Å². The number of rotatable bonds is 4. The average Bonchev–Trinajstić information content (AvgIpc) is 2.48. The molecule has 0 aliphatic rings. The Labute approximate surface area is 114 Å². The third kappa shape index (κ3) is 2.83. The van der Waals surface area contributed by atoms with Crippen molar-refractivity contribution in [3.63, 3.8) is 0 Å². The molecule has 2 aromatic rings. The summed E-state index contributed by atoms with van der Waals surface area (Å²) in [6.45, 7) is 0. The van der Waals surface area contributed by atoms with Gasteiger partial charge >= 0.3 is 5.97 Å². The van der Waals surface area contributed by atoms with Crippen molar-refractivity contribution in [2.45, 2.75) is 0 Å². The quantitative estimate of drug-likeness (QED) is 0.488. The van der Waals surface area contributed by atoms with E-state index in [1.165, 1.54) is 49.6 Å². The molecule has 0 spiro atoms. The molecule has 2 rings (SSSR count). The minimum atomic E-state index is -0.833. The summed E-state index contributed by atoms with van der Waals surface area (Å²) in [5.74, 6) is -1.16. The van der Waals surface area contributed by atoms with Crippen molar-refractivity contribution in [1.82, 2.24) is 0 Å². The molecular weight excluding hydrogens is 263 g/mol. The first kappa shape index (κ1) is 13.7. The number of ether oxygens (including phenoxy) is 2. The van der Waals surface area contributed by atoms with Gasteiger partial charge in [-0.2, -0.15) is 0 Å². The number of benzene rings is 2. The first-order valence-corrected chi connectivity index (χ1v) is 5.75. The SMILES string of the molecule is COc1cc(C=O)ccc1OC(=O)c1ccccc1F. The summed E-state index contributed by atoms with van der Waals surface area (Å²) in [5, 5.41) is 0. The molecular formula is C15H11FO4. The van der Waals surface area contributed by atoms with Crippen LogP contribution in [0.2, 0.25) is 0 Å². The number of carbonyl (C=O) groups excluding carboxylic acids is 2. The molecule has 2 aromatic carbocycles. The van der Waals surface area contributed by atoms with Crippen LogP contribution in [0.25, 0.3) is 0 Å². The first-order chi connectivity index (χ1) is 9.65. The molecule has 0 heterocycles. The van der Waals surface area contributed by atoms with Gasteiger partial charge in [-0.1, -0.05) is 12.1 Å². The molecule has 0 atom stereocenters. The second-order valence-corrected chi connectivity index (χ2v) is 3.90. The number of aldehydes is 1. The van der Waals surface area contributed by atoms with Gasteiger partial charge < -0.3 is 9.47 Å². The van der Waals surface area contributed by atoms with Gasteiger partial charge in [0, 0.05) is 5.56 Å². The topological polar surface area (TPSA) is 52.6 Å². The molecule has 0 unspecified atom stereocenters. The molecule has 0 bridgehead atoms. The Morgan fingerprint density at radius 3 is 2.55 bits per heavy atom. The van der Waals surface area contributed by atoms with Crippen LogP contribution in [0.4, 0.5) is 4.39 Å². The molecule has 0 N–H and O–H groups in total. The summed E-state index contributed by atoms with van der Waals surface area (Å²) in [7, 11) is 1.38. The Balaban J connectivity index is 2.28. The van der Waals surface area contributed by atoms with Crippen molar-refractivity contribution < 1.29 is 23.5 Å². The predicted molar refractivity (Wildman–Crippen MR) is 69.7 cm³/mol. The smallest absolute Gasteiger partial charge is 0.346 e. The lowest BCUT2D eigenvalue weighted by atomic mass is 10.2. The lowest BCUT2D eigenvalue weighted by molar-refractivity contribution is 0.0725. The van der Waals surface area contributed by atoms with Crippen molar-refractivity contribution in [2.24, 2.45) is 0 Å². The zero-order valence-electron chi connectivity index (χ0n) is 10.6. The fraction of sp³-hybridized carbons (Fsp3) is 0.0667. The third-order valence-corrected chi connectivity index (χ3v) is 2.62. The van der Waals surface area contributed by atoms with Crippen LogP contribution in [0.3, 0.4) is 0 Å². The van der Waals surface area contributed by atoms with Gasteiger partial charge in [-0.3, -0.25) is 4.79 Å². The van der Waals surface area contributed by atoms with Crippen molar-refractivity contribution in [3.05, 3.63) is 59.4 Å². The van der Waals surface area contributed by atoms with Gasteiger partial charge in [0.15, 0.2) is 11.5 Å². The van der Waals surface area contributed by atoms with Crippen LogP contribution in [0.5, 0.6) is 11.5 Å². The fourth-order valence-electron chi connectivity index (χ4n) is 1.62. The van der Waals surface area contributed by atoms with E-state index in [1.807, 2.05) is 0 Å². The van der Waals surface area contributed by atoms with Crippen molar-refractivity contribution in [1.29, 1.82) is 0 Å². The summed E-state index contributed by atoms with van der Waals surface area (Å²) >= 11 is 0. The Morgan fingerprint density at radius 1 is 1.15 bits per heavy atom. The Hall–Kier alpha value is -2.69.